The number of methoxy groups -OCH3 is 1. The van der Waals surface area contributed by atoms with Crippen LogP contribution < -0.4 is 4.74 Å². The first kappa shape index (κ1) is 31.9. The summed E-state index contributed by atoms with van der Waals surface area (Å²) in [4.78, 5) is 20.4. The molecule has 34 heavy (non-hydrogen) atoms. The number of Topliss-reactive ketones (excluding diaryl/α,β-unsaturated/α-hetero) is 1. The number of aliphatic hydroxyl groups is 3. The van der Waals surface area contributed by atoms with Gasteiger partial charge in [0.25, 0.3) is 0 Å². The summed E-state index contributed by atoms with van der Waals surface area (Å²) in [6.45, 7) is 13.0. The van der Waals surface area contributed by atoms with Crippen LogP contribution in [0.25, 0.3) is 11.3 Å². The van der Waals surface area contributed by atoms with Crippen LogP contribution in [-0.4, -0.2) is 38.2 Å². The number of pyridine rings is 2. The van der Waals surface area contributed by atoms with Gasteiger partial charge in [-0.05, 0) is 29.4 Å². The zero-order valence-electron chi connectivity index (χ0n) is 21.3. The van der Waals surface area contributed by atoms with E-state index < -0.39 is 5.41 Å². The topological polar surface area (TPSA) is 113 Å². The third-order valence-corrected chi connectivity index (χ3v) is 4.80. The van der Waals surface area contributed by atoms with E-state index in [9.17, 15) is 15.0 Å². The fraction of sp³-hybridized carbons (Fsp3) is 0.500. The van der Waals surface area contributed by atoms with Crippen LogP contribution in [0, 0.1) is 16.9 Å². The summed E-state index contributed by atoms with van der Waals surface area (Å²) in [5, 5.41) is 28.4. The van der Waals surface area contributed by atoms with E-state index in [4.69, 9.17) is 9.84 Å². The third-order valence-electron chi connectivity index (χ3n) is 4.80. The number of hydrogen-bond acceptors (Lipinski definition) is 7. The Hall–Kier alpha value is -2.08. The Morgan fingerprint density at radius 3 is 2.15 bits per heavy atom. The molecule has 0 aromatic carbocycles. The van der Waals surface area contributed by atoms with E-state index in [0.717, 1.165) is 5.56 Å². The maximum Gasteiger partial charge on any atom is 0.167 e. The van der Waals surface area contributed by atoms with Crippen molar-refractivity contribution in [2.24, 2.45) is 10.8 Å². The largest absolute Gasteiger partial charge is 0.524 e. The number of carbonyl (C=O) groups is 1. The molecule has 0 aliphatic rings. The first-order valence-electron chi connectivity index (χ1n) is 10.9. The summed E-state index contributed by atoms with van der Waals surface area (Å²) in [5.41, 5.74) is 2.19. The molecule has 0 saturated heterocycles. The van der Waals surface area contributed by atoms with Crippen molar-refractivity contribution < 1.29 is 45.9 Å². The van der Waals surface area contributed by atoms with E-state index in [1.807, 2.05) is 48.5 Å². The van der Waals surface area contributed by atoms with E-state index in [1.165, 1.54) is 7.11 Å². The SMILES string of the molecule is CC/C(C(=O)C(C)(C)C)=C(/O)C(C)(C)C.COc1c[c-]c(-c2cc(CO)ccn2)c(CO)n1.[Pt]. The van der Waals surface area contributed by atoms with Gasteiger partial charge in [-0.3, -0.25) is 4.79 Å². The van der Waals surface area contributed by atoms with Gasteiger partial charge in [-0.15, -0.1) is 11.6 Å². The molecule has 2 aromatic heterocycles. The summed E-state index contributed by atoms with van der Waals surface area (Å²) in [5.74, 6) is 0.656. The van der Waals surface area contributed by atoms with Crippen molar-refractivity contribution in [2.45, 2.75) is 68.1 Å². The van der Waals surface area contributed by atoms with Crippen LogP contribution in [0.1, 0.15) is 66.1 Å². The predicted octanol–water partition coefficient (Wildman–Crippen LogP) is 4.80. The van der Waals surface area contributed by atoms with Gasteiger partial charge >= 0.3 is 0 Å². The molecular formula is C26H37N2O5Pt-. The van der Waals surface area contributed by atoms with Gasteiger partial charge < -0.3 is 30.0 Å². The van der Waals surface area contributed by atoms with Crippen molar-refractivity contribution >= 4 is 5.78 Å². The van der Waals surface area contributed by atoms with Gasteiger partial charge in [0, 0.05) is 43.7 Å². The van der Waals surface area contributed by atoms with Gasteiger partial charge in [-0.25, -0.2) is 0 Å². The molecule has 2 aromatic rings. The molecule has 0 amide bonds. The number of carbonyl (C=O) groups excluding carboxylic acids is 1. The molecule has 0 aliphatic carbocycles. The quantitative estimate of drug-likeness (QED) is 0.234. The van der Waals surface area contributed by atoms with Gasteiger partial charge in [0.15, 0.2) is 5.78 Å². The van der Waals surface area contributed by atoms with Crippen molar-refractivity contribution in [1.82, 2.24) is 9.97 Å². The molecule has 0 fully saturated rings. The second-order valence-electron chi connectivity index (χ2n) is 9.64. The molecule has 0 saturated carbocycles. The minimum Gasteiger partial charge on any atom is -0.524 e. The summed E-state index contributed by atoms with van der Waals surface area (Å²) in [6, 6.07) is 8.03. The number of ketones is 1. The van der Waals surface area contributed by atoms with E-state index in [1.54, 1.807) is 24.4 Å². The molecule has 0 radical (unpaired) electrons. The van der Waals surface area contributed by atoms with Gasteiger partial charge in [0.2, 0.25) is 0 Å². The zero-order valence-corrected chi connectivity index (χ0v) is 23.6. The summed E-state index contributed by atoms with van der Waals surface area (Å²) < 4.78 is 4.98. The molecule has 8 heteroatoms. The monoisotopic (exact) mass is 652 g/mol. The molecule has 0 bridgehead atoms. The number of aliphatic hydroxyl groups excluding tert-OH is 3. The normalized spacial score (nSPS) is 12.1. The van der Waals surface area contributed by atoms with Crippen LogP contribution in [-0.2, 0) is 39.1 Å². The summed E-state index contributed by atoms with van der Waals surface area (Å²) >= 11 is 0. The molecule has 0 atom stereocenters. The molecule has 2 rings (SSSR count). The molecule has 2 heterocycles. The first-order valence-corrected chi connectivity index (χ1v) is 10.9. The Balaban J connectivity index is 0.000000635. The number of rotatable bonds is 6. The Morgan fingerprint density at radius 1 is 1.09 bits per heavy atom. The Bertz CT molecular complexity index is 976. The van der Waals surface area contributed by atoms with Gasteiger partial charge in [0.05, 0.1) is 20.3 Å². The summed E-state index contributed by atoms with van der Waals surface area (Å²) in [7, 11) is 1.50. The van der Waals surface area contributed by atoms with Crippen LogP contribution >= 0.6 is 0 Å². The fourth-order valence-corrected chi connectivity index (χ4v) is 2.93. The first-order chi connectivity index (χ1) is 15.3. The molecular weight excluding hydrogens is 615 g/mol. The van der Waals surface area contributed by atoms with Crippen LogP contribution in [0.15, 0.2) is 35.7 Å². The van der Waals surface area contributed by atoms with E-state index >= 15 is 0 Å². The minimum atomic E-state index is -0.426. The number of allylic oxidation sites excluding steroid dienone is 2. The molecule has 7 nitrogen and oxygen atoms in total. The minimum absolute atomic E-state index is 0. The number of aromatic nitrogens is 2. The Labute approximate surface area is 217 Å². The fourth-order valence-electron chi connectivity index (χ4n) is 2.93. The number of nitrogens with zero attached hydrogens (tertiary/aromatic N) is 2. The standard InChI is InChI=1S/C13H13N2O3.C13H24O2.Pt/c1-18-13-3-2-10(12(8-17)15-13)11-6-9(7-16)4-5-14-11;1-8-9(10(14)12(2,3)4)11(15)13(5,6)7;/h3-6,16-17H,7-8H2,1H3;14H,8H2,1-7H3;/q-1;;/b;10-9-;. The van der Waals surface area contributed by atoms with Gasteiger partial charge in [0.1, 0.15) is 11.6 Å². The summed E-state index contributed by atoms with van der Waals surface area (Å²) in [6.07, 6.45) is 2.18. The van der Waals surface area contributed by atoms with Crippen molar-refractivity contribution in [1.29, 1.82) is 0 Å². The van der Waals surface area contributed by atoms with E-state index in [2.05, 4.69) is 16.0 Å². The maximum atomic E-state index is 12.1. The molecule has 192 valence electrons. The smallest absolute Gasteiger partial charge is 0.167 e. The average Bonchev–Trinajstić information content (AvgIpc) is 2.78. The molecule has 0 unspecified atom stereocenters. The van der Waals surface area contributed by atoms with Crippen LogP contribution in [0.2, 0.25) is 0 Å². The van der Waals surface area contributed by atoms with Crippen LogP contribution in [0.5, 0.6) is 5.88 Å². The predicted molar refractivity (Wildman–Crippen MR) is 129 cm³/mol. The van der Waals surface area contributed by atoms with Crippen molar-refractivity contribution in [3.8, 4) is 17.1 Å². The van der Waals surface area contributed by atoms with Crippen LogP contribution in [0.3, 0.4) is 0 Å². The van der Waals surface area contributed by atoms with Crippen molar-refractivity contribution in [3.63, 3.8) is 0 Å². The maximum absolute atomic E-state index is 12.1. The van der Waals surface area contributed by atoms with E-state index in [0.29, 0.717) is 34.8 Å². The molecule has 0 aliphatic heterocycles. The van der Waals surface area contributed by atoms with E-state index in [-0.39, 0.29) is 51.2 Å². The molecule has 3 N–H and O–H groups in total. The molecule has 0 spiro atoms. The van der Waals surface area contributed by atoms with Gasteiger partial charge in [-0.1, -0.05) is 60.6 Å². The average molecular weight is 653 g/mol. The second-order valence-corrected chi connectivity index (χ2v) is 9.64. The Morgan fingerprint density at radius 2 is 1.71 bits per heavy atom. The third kappa shape index (κ3) is 8.93. The van der Waals surface area contributed by atoms with Crippen molar-refractivity contribution in [2.75, 3.05) is 7.11 Å². The van der Waals surface area contributed by atoms with Crippen molar-refractivity contribution in [3.05, 3.63) is 53.1 Å². The van der Waals surface area contributed by atoms with Gasteiger partial charge in [-0.2, -0.15) is 0 Å². The number of ether oxygens (including phenoxy) is 1. The Kier molecular flexibility index (Phi) is 12.9. The number of hydrogen-bond donors (Lipinski definition) is 3. The second kappa shape index (κ2) is 13.7. The van der Waals surface area contributed by atoms with Crippen LogP contribution in [0.4, 0.5) is 0 Å². The zero-order chi connectivity index (χ0) is 25.4.